The van der Waals surface area contributed by atoms with Crippen LogP contribution in [0.3, 0.4) is 0 Å². The van der Waals surface area contributed by atoms with E-state index in [1.807, 2.05) is 0 Å². The molecule has 0 radical (unpaired) electrons. The predicted octanol–water partition coefficient (Wildman–Crippen LogP) is 1.50. The Labute approximate surface area is 105 Å². The Bertz CT molecular complexity index is 606. The second-order valence-electron chi connectivity index (χ2n) is 4.42. The number of halogens is 1. The first kappa shape index (κ1) is 11.0. The summed E-state index contributed by atoms with van der Waals surface area (Å²) in [5.41, 5.74) is 0.389. The Morgan fingerprint density at radius 3 is 2.71 bits per heavy atom. The minimum absolute atomic E-state index is 0.253. The van der Waals surface area contributed by atoms with E-state index in [2.05, 4.69) is 9.71 Å². The van der Waals surface area contributed by atoms with Gasteiger partial charge in [-0.25, -0.2) is 8.42 Å². The first-order valence-electron chi connectivity index (χ1n) is 5.34. The number of sulfonamides is 1. The average molecular weight is 271 g/mol. The van der Waals surface area contributed by atoms with Crippen molar-refractivity contribution in [3.63, 3.8) is 0 Å². The highest BCUT2D eigenvalue weighted by atomic mass is 35.5. The van der Waals surface area contributed by atoms with E-state index in [9.17, 15) is 8.42 Å². The summed E-state index contributed by atoms with van der Waals surface area (Å²) in [5, 5.41) is 0. The average Bonchev–Trinajstić information content (AvgIpc) is 3.03. The van der Waals surface area contributed by atoms with Crippen molar-refractivity contribution in [3.8, 4) is 0 Å². The molecule has 0 bridgehead atoms. The molecule has 4 nitrogen and oxygen atoms in total. The fourth-order valence-electron chi connectivity index (χ4n) is 1.87. The molecular weight excluding hydrogens is 260 g/mol. The Morgan fingerprint density at radius 1 is 1.35 bits per heavy atom. The molecule has 3 rings (SSSR count). The number of nitrogens with zero attached hydrogens (tertiary/aromatic N) is 1. The minimum Gasteiger partial charge on any atom is -0.263 e. The number of nitrogens with one attached hydrogen (secondary N) is 1. The van der Waals surface area contributed by atoms with Gasteiger partial charge in [-0.3, -0.25) is 9.71 Å². The van der Waals surface area contributed by atoms with Gasteiger partial charge in [0.2, 0.25) is 0 Å². The van der Waals surface area contributed by atoms with Crippen molar-refractivity contribution in [2.75, 3.05) is 5.88 Å². The molecule has 2 aliphatic rings. The van der Waals surface area contributed by atoms with Crippen molar-refractivity contribution in [1.82, 2.24) is 4.72 Å². The third kappa shape index (κ3) is 1.73. The summed E-state index contributed by atoms with van der Waals surface area (Å²) in [4.78, 5) is 4.76. The second kappa shape index (κ2) is 3.46. The van der Waals surface area contributed by atoms with Crippen LogP contribution in [-0.2, 0) is 10.0 Å². The maximum Gasteiger partial charge on any atom is 0.263 e. The molecule has 0 aromatic heterocycles. The zero-order chi connectivity index (χ0) is 12.1. The summed E-state index contributed by atoms with van der Waals surface area (Å²) in [6.07, 6.45) is 1.84. The van der Waals surface area contributed by atoms with Crippen LogP contribution < -0.4 is 4.72 Å². The zero-order valence-electron chi connectivity index (χ0n) is 8.98. The molecule has 1 aliphatic heterocycles. The summed E-state index contributed by atoms with van der Waals surface area (Å²) in [7, 11) is -3.43. The molecule has 0 saturated heterocycles. The molecule has 1 aromatic rings. The number of hydrogen-bond acceptors (Lipinski definition) is 3. The quantitative estimate of drug-likeness (QED) is 0.828. The number of aliphatic imine (C=N–C) groups is 1. The van der Waals surface area contributed by atoms with Crippen LogP contribution in [0.25, 0.3) is 0 Å². The number of benzene rings is 1. The maximum absolute atomic E-state index is 11.8. The van der Waals surface area contributed by atoms with Gasteiger partial charge >= 0.3 is 0 Å². The highest BCUT2D eigenvalue weighted by molar-refractivity contribution is 7.90. The van der Waals surface area contributed by atoms with Crippen LogP contribution >= 0.6 is 11.6 Å². The molecular formula is C11H11ClN2O2S. The number of fused-ring (bicyclic) bond motifs is 1. The molecule has 0 amide bonds. The van der Waals surface area contributed by atoms with Gasteiger partial charge in [0.1, 0.15) is 5.84 Å². The topological polar surface area (TPSA) is 58.5 Å². The van der Waals surface area contributed by atoms with Crippen molar-refractivity contribution in [1.29, 1.82) is 0 Å². The first-order chi connectivity index (χ1) is 8.06. The normalized spacial score (nSPS) is 25.4. The zero-order valence-corrected chi connectivity index (χ0v) is 10.6. The van der Waals surface area contributed by atoms with Gasteiger partial charge in [0.15, 0.2) is 0 Å². The van der Waals surface area contributed by atoms with Crippen LogP contribution in [0.4, 0.5) is 0 Å². The lowest BCUT2D eigenvalue weighted by molar-refractivity contribution is 0.595. The van der Waals surface area contributed by atoms with Gasteiger partial charge in [0, 0.05) is 11.4 Å². The standard InChI is InChI=1S/C11H11ClN2O2S/c12-7-11(5-6-11)13-10-8-3-1-2-4-9(8)17(15,16)14-10/h1-4H,5-7H2,(H,13,14). The van der Waals surface area contributed by atoms with E-state index in [0.717, 1.165) is 12.8 Å². The molecule has 1 N–H and O–H groups in total. The van der Waals surface area contributed by atoms with Gasteiger partial charge in [0.05, 0.1) is 10.4 Å². The van der Waals surface area contributed by atoms with Crippen LogP contribution in [0.15, 0.2) is 34.2 Å². The Hall–Kier alpha value is -1.07. The third-order valence-electron chi connectivity index (χ3n) is 3.09. The molecule has 0 atom stereocenters. The highest BCUT2D eigenvalue weighted by Gasteiger charge is 2.43. The Kier molecular flexibility index (Phi) is 2.25. The Morgan fingerprint density at radius 2 is 2.06 bits per heavy atom. The van der Waals surface area contributed by atoms with Crippen molar-refractivity contribution >= 4 is 27.5 Å². The van der Waals surface area contributed by atoms with Crippen LogP contribution in [0.1, 0.15) is 18.4 Å². The monoisotopic (exact) mass is 270 g/mol. The summed E-state index contributed by atoms with van der Waals surface area (Å²) >= 11 is 5.85. The van der Waals surface area contributed by atoms with Gasteiger partial charge in [0.25, 0.3) is 10.0 Å². The fourth-order valence-corrected chi connectivity index (χ4v) is 3.43. The fraction of sp³-hybridized carbons (Fsp3) is 0.364. The molecule has 17 heavy (non-hydrogen) atoms. The van der Waals surface area contributed by atoms with E-state index < -0.39 is 10.0 Å². The predicted molar refractivity (Wildman–Crippen MR) is 66.0 cm³/mol. The third-order valence-corrected chi connectivity index (χ3v) is 4.98. The van der Waals surface area contributed by atoms with E-state index in [0.29, 0.717) is 22.2 Å². The second-order valence-corrected chi connectivity index (χ2v) is 6.34. The van der Waals surface area contributed by atoms with Gasteiger partial charge < -0.3 is 0 Å². The van der Waals surface area contributed by atoms with E-state index in [1.54, 1.807) is 24.3 Å². The molecule has 1 aliphatic carbocycles. The van der Waals surface area contributed by atoms with E-state index in [4.69, 9.17) is 11.6 Å². The molecule has 0 spiro atoms. The summed E-state index contributed by atoms with van der Waals surface area (Å²) < 4.78 is 26.2. The number of hydrogen-bond donors (Lipinski definition) is 1. The summed E-state index contributed by atoms with van der Waals surface area (Å²) in [6.45, 7) is 0. The van der Waals surface area contributed by atoms with Crippen LogP contribution in [0, 0.1) is 0 Å². The molecule has 6 heteroatoms. The lowest BCUT2D eigenvalue weighted by Gasteiger charge is -2.06. The van der Waals surface area contributed by atoms with Crippen molar-refractivity contribution in [2.45, 2.75) is 23.3 Å². The maximum atomic E-state index is 11.8. The van der Waals surface area contributed by atoms with Crippen molar-refractivity contribution < 1.29 is 8.42 Å². The van der Waals surface area contributed by atoms with Gasteiger partial charge in [-0.1, -0.05) is 12.1 Å². The SMILES string of the molecule is O=S1(=O)NC(=NC2(CCl)CC2)c2ccccc21. The number of alkyl halides is 1. The van der Waals surface area contributed by atoms with Crippen LogP contribution in [-0.4, -0.2) is 25.7 Å². The van der Waals surface area contributed by atoms with E-state index in [-0.39, 0.29) is 5.54 Å². The van der Waals surface area contributed by atoms with Crippen molar-refractivity contribution in [2.24, 2.45) is 4.99 Å². The van der Waals surface area contributed by atoms with Gasteiger partial charge in [-0.15, -0.1) is 11.6 Å². The summed E-state index contributed by atoms with van der Waals surface area (Å²) in [6, 6.07) is 6.85. The molecule has 1 heterocycles. The molecule has 0 unspecified atom stereocenters. The molecule has 90 valence electrons. The molecule has 1 saturated carbocycles. The van der Waals surface area contributed by atoms with Crippen LogP contribution in [0.5, 0.6) is 0 Å². The number of rotatable bonds is 2. The Balaban J connectivity index is 2.12. The highest BCUT2D eigenvalue weighted by Crippen LogP contribution is 2.41. The van der Waals surface area contributed by atoms with E-state index in [1.165, 1.54) is 0 Å². The molecule has 1 fully saturated rings. The summed E-state index contributed by atoms with van der Waals surface area (Å²) in [5.74, 6) is 0.860. The molecule has 1 aromatic carbocycles. The first-order valence-corrected chi connectivity index (χ1v) is 7.36. The van der Waals surface area contributed by atoms with Gasteiger partial charge in [-0.2, -0.15) is 0 Å². The van der Waals surface area contributed by atoms with Crippen molar-refractivity contribution in [3.05, 3.63) is 29.8 Å². The van der Waals surface area contributed by atoms with Crippen LogP contribution in [0.2, 0.25) is 0 Å². The number of amidine groups is 1. The van der Waals surface area contributed by atoms with Gasteiger partial charge in [-0.05, 0) is 25.0 Å². The lowest BCUT2D eigenvalue weighted by Crippen LogP contribution is -2.25. The van der Waals surface area contributed by atoms with E-state index >= 15 is 0 Å². The minimum atomic E-state index is -3.43. The largest absolute Gasteiger partial charge is 0.263 e. The smallest absolute Gasteiger partial charge is 0.263 e. The lowest BCUT2D eigenvalue weighted by atomic mass is 10.2.